The number of hydrogen-bond acceptors (Lipinski definition) is 4. The SMILES string of the molecule is ClC(Cl)Sc1ccc(SC(Cl)Cl)cc1.Sc1ccc(S)cc1. The summed E-state index contributed by atoms with van der Waals surface area (Å²) in [4.78, 5) is 3.99. The zero-order chi connectivity index (χ0) is 16.5. The van der Waals surface area contributed by atoms with Crippen molar-refractivity contribution in [1.29, 1.82) is 0 Å². The predicted molar refractivity (Wildman–Crippen MR) is 110 cm³/mol. The van der Waals surface area contributed by atoms with Gasteiger partial charge in [0, 0.05) is 19.6 Å². The Morgan fingerprint density at radius 1 is 0.591 bits per heavy atom. The Morgan fingerprint density at radius 2 is 0.864 bits per heavy atom. The minimum atomic E-state index is -0.442. The second-order valence-corrected chi connectivity index (χ2v) is 10.4. The Hall–Kier alpha value is 1.00. The van der Waals surface area contributed by atoms with E-state index in [2.05, 4.69) is 25.3 Å². The average Bonchev–Trinajstić information content (AvgIpc) is 2.44. The van der Waals surface area contributed by atoms with Crippen molar-refractivity contribution in [2.45, 2.75) is 27.9 Å². The fourth-order valence-corrected chi connectivity index (χ4v) is 3.79. The van der Waals surface area contributed by atoms with Gasteiger partial charge < -0.3 is 0 Å². The molecule has 0 spiro atoms. The highest BCUT2D eigenvalue weighted by Gasteiger charge is 2.04. The van der Waals surface area contributed by atoms with Crippen molar-refractivity contribution in [1.82, 2.24) is 0 Å². The molecule has 0 aliphatic carbocycles. The van der Waals surface area contributed by atoms with Crippen molar-refractivity contribution < 1.29 is 0 Å². The van der Waals surface area contributed by atoms with Crippen LogP contribution in [0.5, 0.6) is 0 Å². The average molecular weight is 450 g/mol. The van der Waals surface area contributed by atoms with E-state index in [0.717, 1.165) is 19.6 Å². The normalized spacial score (nSPS) is 10.5. The summed E-state index contributed by atoms with van der Waals surface area (Å²) in [5, 5.41) is 0. The predicted octanol–water partition coefficient (Wildman–Crippen LogP) is 7.66. The summed E-state index contributed by atoms with van der Waals surface area (Å²) in [6, 6.07) is 15.4. The van der Waals surface area contributed by atoms with Crippen molar-refractivity contribution in [3.8, 4) is 0 Å². The maximum atomic E-state index is 5.62. The Kier molecular flexibility index (Phi) is 11.0. The lowest BCUT2D eigenvalue weighted by molar-refractivity contribution is 1.35. The van der Waals surface area contributed by atoms with Gasteiger partial charge in [-0.3, -0.25) is 0 Å². The molecule has 0 aromatic heterocycles. The highest BCUT2D eigenvalue weighted by molar-refractivity contribution is 8.02. The molecule has 0 heterocycles. The molecule has 0 radical (unpaired) electrons. The second-order valence-electron chi connectivity index (χ2n) is 3.74. The number of thiol groups is 2. The Labute approximate surface area is 170 Å². The third-order valence-corrected chi connectivity index (χ3v) is 5.23. The fraction of sp³-hybridized carbons (Fsp3) is 0.143. The molecular formula is C14H12Cl4S4. The number of halogens is 4. The summed E-state index contributed by atoms with van der Waals surface area (Å²) in [6.45, 7) is 0. The summed E-state index contributed by atoms with van der Waals surface area (Å²) in [6.07, 6.45) is 0. The third-order valence-electron chi connectivity index (χ3n) is 2.12. The number of alkyl halides is 4. The molecule has 0 unspecified atom stereocenters. The van der Waals surface area contributed by atoms with Crippen LogP contribution in [0, 0.1) is 0 Å². The molecule has 2 rings (SSSR count). The van der Waals surface area contributed by atoms with Crippen LogP contribution in [0.15, 0.2) is 68.1 Å². The zero-order valence-electron chi connectivity index (χ0n) is 11.0. The summed E-state index contributed by atoms with van der Waals surface area (Å²) in [7, 11) is 0. The summed E-state index contributed by atoms with van der Waals surface area (Å²) >= 11 is 33.4. The van der Waals surface area contributed by atoms with Crippen LogP contribution in [-0.4, -0.2) is 8.34 Å². The molecule has 0 fully saturated rings. The molecule has 22 heavy (non-hydrogen) atoms. The molecule has 2 aromatic rings. The number of hydrogen-bond donors (Lipinski definition) is 2. The largest absolute Gasteiger partial charge is 0.157 e. The highest BCUT2D eigenvalue weighted by Crippen LogP contribution is 2.32. The zero-order valence-corrected chi connectivity index (χ0v) is 17.4. The van der Waals surface area contributed by atoms with E-state index in [9.17, 15) is 0 Å². The number of thioether (sulfide) groups is 2. The van der Waals surface area contributed by atoms with E-state index >= 15 is 0 Å². The lowest BCUT2D eigenvalue weighted by atomic mass is 10.4. The summed E-state index contributed by atoms with van der Waals surface area (Å²) in [5.41, 5.74) is 0. The lowest BCUT2D eigenvalue weighted by Crippen LogP contribution is -1.80. The third kappa shape index (κ3) is 9.99. The maximum Gasteiger partial charge on any atom is 0.157 e. The van der Waals surface area contributed by atoms with Crippen molar-refractivity contribution in [2.24, 2.45) is 0 Å². The van der Waals surface area contributed by atoms with Crippen molar-refractivity contribution >= 4 is 95.2 Å². The summed E-state index contributed by atoms with van der Waals surface area (Å²) in [5.74, 6) is 0. The first-order valence-corrected chi connectivity index (χ1v) is 10.2. The molecule has 0 aliphatic rings. The molecule has 0 saturated heterocycles. The first-order chi connectivity index (χ1) is 10.4. The number of benzene rings is 2. The van der Waals surface area contributed by atoms with E-state index in [1.807, 2.05) is 48.5 Å². The maximum absolute atomic E-state index is 5.62. The molecule has 0 bridgehead atoms. The van der Waals surface area contributed by atoms with Gasteiger partial charge in [0.1, 0.15) is 0 Å². The number of rotatable bonds is 4. The monoisotopic (exact) mass is 448 g/mol. The Balaban J connectivity index is 0.000000255. The van der Waals surface area contributed by atoms with Gasteiger partial charge in [-0.2, -0.15) is 0 Å². The van der Waals surface area contributed by atoms with Crippen LogP contribution in [0.25, 0.3) is 0 Å². The fourth-order valence-electron chi connectivity index (χ4n) is 1.26. The first-order valence-electron chi connectivity index (χ1n) is 5.84. The standard InChI is InChI=1S/C8H6Cl4S2.C6H6S2/c9-7(10)13-5-1-2-6(4-3-5)14-8(11)12;7-5-1-2-6(8)4-3-5/h1-4,7-8H;1-4,7-8H. The van der Waals surface area contributed by atoms with Gasteiger partial charge in [-0.15, -0.1) is 25.3 Å². The van der Waals surface area contributed by atoms with Gasteiger partial charge in [-0.1, -0.05) is 69.9 Å². The van der Waals surface area contributed by atoms with Crippen LogP contribution in [0.2, 0.25) is 0 Å². The molecule has 0 nitrogen and oxygen atoms in total. The summed E-state index contributed by atoms with van der Waals surface area (Å²) < 4.78 is -0.885. The molecule has 0 saturated carbocycles. The molecule has 0 aliphatic heterocycles. The van der Waals surface area contributed by atoms with Gasteiger partial charge in [-0.25, -0.2) is 0 Å². The van der Waals surface area contributed by atoms with Gasteiger partial charge in [0.25, 0.3) is 0 Å². The smallest absolute Gasteiger partial charge is 0.143 e. The van der Waals surface area contributed by atoms with E-state index in [-0.39, 0.29) is 0 Å². The van der Waals surface area contributed by atoms with Gasteiger partial charge in [0.2, 0.25) is 0 Å². The molecular weight excluding hydrogens is 438 g/mol. The molecule has 120 valence electrons. The van der Waals surface area contributed by atoms with Gasteiger partial charge in [-0.05, 0) is 48.5 Å². The lowest BCUT2D eigenvalue weighted by Gasteiger charge is -2.04. The van der Waals surface area contributed by atoms with Crippen molar-refractivity contribution in [2.75, 3.05) is 0 Å². The van der Waals surface area contributed by atoms with E-state index in [4.69, 9.17) is 46.4 Å². The molecule has 0 amide bonds. The van der Waals surface area contributed by atoms with Crippen LogP contribution >= 0.6 is 95.2 Å². The van der Waals surface area contributed by atoms with Gasteiger partial charge in [0.15, 0.2) is 8.34 Å². The Bertz CT molecular complexity index is 494. The molecule has 2 aromatic carbocycles. The topological polar surface area (TPSA) is 0 Å². The molecule has 8 heteroatoms. The van der Waals surface area contributed by atoms with Crippen molar-refractivity contribution in [3.63, 3.8) is 0 Å². The molecule has 0 atom stereocenters. The van der Waals surface area contributed by atoms with Gasteiger partial charge in [0.05, 0.1) is 0 Å². The van der Waals surface area contributed by atoms with E-state index in [1.54, 1.807) is 0 Å². The molecule has 0 N–H and O–H groups in total. The minimum absolute atomic E-state index is 0.442. The van der Waals surface area contributed by atoms with E-state index in [1.165, 1.54) is 23.5 Å². The van der Waals surface area contributed by atoms with E-state index in [0.29, 0.717) is 0 Å². The van der Waals surface area contributed by atoms with E-state index < -0.39 is 8.34 Å². The highest BCUT2D eigenvalue weighted by atomic mass is 35.5. The quantitative estimate of drug-likeness (QED) is 0.279. The van der Waals surface area contributed by atoms with Crippen LogP contribution in [0.1, 0.15) is 0 Å². The second kappa shape index (κ2) is 11.5. The van der Waals surface area contributed by atoms with Crippen LogP contribution in [-0.2, 0) is 0 Å². The van der Waals surface area contributed by atoms with Crippen LogP contribution in [0.3, 0.4) is 0 Å². The van der Waals surface area contributed by atoms with Crippen LogP contribution < -0.4 is 0 Å². The minimum Gasteiger partial charge on any atom is -0.143 e. The van der Waals surface area contributed by atoms with Crippen molar-refractivity contribution in [3.05, 3.63) is 48.5 Å². The Morgan fingerprint density at radius 3 is 1.09 bits per heavy atom. The van der Waals surface area contributed by atoms with Gasteiger partial charge >= 0.3 is 0 Å². The first kappa shape index (κ1) is 21.0. The van der Waals surface area contributed by atoms with Crippen LogP contribution in [0.4, 0.5) is 0 Å².